The van der Waals surface area contributed by atoms with Gasteiger partial charge in [0.2, 0.25) is 11.8 Å². The van der Waals surface area contributed by atoms with Crippen molar-refractivity contribution in [1.29, 1.82) is 0 Å². The van der Waals surface area contributed by atoms with Crippen LogP contribution in [0, 0.1) is 19.7 Å². The second kappa shape index (κ2) is 8.33. The molecule has 0 N–H and O–H groups in total. The molecule has 1 heterocycles. The molecule has 0 spiro atoms. The van der Waals surface area contributed by atoms with Crippen LogP contribution in [0.3, 0.4) is 0 Å². The Morgan fingerprint density at radius 3 is 1.96 bits per heavy atom. The molecule has 0 radical (unpaired) electrons. The first kappa shape index (κ1) is 19.1. The number of hydrogen-bond acceptors (Lipinski definition) is 2. The fourth-order valence-corrected chi connectivity index (χ4v) is 3.41. The molecule has 0 saturated carbocycles. The summed E-state index contributed by atoms with van der Waals surface area (Å²) in [5, 5.41) is 0. The molecule has 0 bridgehead atoms. The third kappa shape index (κ3) is 4.94. The summed E-state index contributed by atoms with van der Waals surface area (Å²) in [5.74, 6) is -0.183. The third-order valence-corrected chi connectivity index (χ3v) is 5.09. The molecule has 1 fully saturated rings. The molecule has 1 aliphatic heterocycles. The lowest BCUT2D eigenvalue weighted by Gasteiger charge is -2.35. The van der Waals surface area contributed by atoms with E-state index in [1.165, 1.54) is 17.7 Å². The minimum Gasteiger partial charge on any atom is -0.339 e. The van der Waals surface area contributed by atoms with Crippen molar-refractivity contribution in [3.05, 3.63) is 70.5 Å². The highest BCUT2D eigenvalue weighted by Gasteiger charge is 2.24. The molecule has 1 aliphatic rings. The van der Waals surface area contributed by atoms with E-state index in [1.807, 2.05) is 30.9 Å². The third-order valence-electron chi connectivity index (χ3n) is 5.09. The smallest absolute Gasteiger partial charge is 0.227 e. The number of piperazine rings is 1. The van der Waals surface area contributed by atoms with E-state index in [-0.39, 0.29) is 24.1 Å². The van der Waals surface area contributed by atoms with Gasteiger partial charge in [0, 0.05) is 26.2 Å². The Labute approximate surface area is 159 Å². The SMILES string of the molecule is Cc1ccc(CC(=O)N2CCN(C(=O)Cc3ccc(F)cc3)CC2)c(C)c1. The molecule has 27 heavy (non-hydrogen) atoms. The lowest BCUT2D eigenvalue weighted by Crippen LogP contribution is -2.51. The molecular weight excluding hydrogens is 343 g/mol. The Morgan fingerprint density at radius 1 is 0.852 bits per heavy atom. The highest BCUT2D eigenvalue weighted by molar-refractivity contribution is 5.81. The summed E-state index contributed by atoms with van der Waals surface area (Å²) in [4.78, 5) is 28.6. The molecule has 3 rings (SSSR count). The van der Waals surface area contributed by atoms with Gasteiger partial charge in [-0.05, 0) is 42.7 Å². The Bertz CT molecular complexity index is 825. The number of amides is 2. The van der Waals surface area contributed by atoms with E-state index < -0.39 is 0 Å². The number of nitrogens with zero attached hydrogens (tertiary/aromatic N) is 2. The first-order valence-electron chi connectivity index (χ1n) is 9.28. The van der Waals surface area contributed by atoms with Crippen molar-refractivity contribution >= 4 is 11.8 Å². The van der Waals surface area contributed by atoms with E-state index >= 15 is 0 Å². The molecule has 2 amide bonds. The van der Waals surface area contributed by atoms with Gasteiger partial charge in [-0.25, -0.2) is 4.39 Å². The molecule has 2 aromatic rings. The van der Waals surface area contributed by atoms with Gasteiger partial charge in [-0.2, -0.15) is 0 Å². The average molecular weight is 368 g/mol. The summed E-state index contributed by atoms with van der Waals surface area (Å²) >= 11 is 0. The van der Waals surface area contributed by atoms with E-state index in [0.717, 1.165) is 16.7 Å². The summed E-state index contributed by atoms with van der Waals surface area (Å²) in [6.07, 6.45) is 0.659. The van der Waals surface area contributed by atoms with Gasteiger partial charge in [0.15, 0.2) is 0 Å². The van der Waals surface area contributed by atoms with Crippen molar-refractivity contribution in [1.82, 2.24) is 9.80 Å². The van der Waals surface area contributed by atoms with Crippen LogP contribution >= 0.6 is 0 Å². The molecule has 4 nitrogen and oxygen atoms in total. The van der Waals surface area contributed by atoms with Gasteiger partial charge in [-0.3, -0.25) is 9.59 Å². The van der Waals surface area contributed by atoms with Crippen molar-refractivity contribution in [3.8, 4) is 0 Å². The number of benzene rings is 2. The summed E-state index contributed by atoms with van der Waals surface area (Å²) in [6.45, 7) is 6.26. The number of halogens is 1. The van der Waals surface area contributed by atoms with Gasteiger partial charge in [-0.1, -0.05) is 35.9 Å². The number of aryl methyl sites for hydroxylation is 2. The van der Waals surface area contributed by atoms with Crippen LogP contribution in [0.5, 0.6) is 0 Å². The monoisotopic (exact) mass is 368 g/mol. The van der Waals surface area contributed by atoms with Crippen molar-refractivity contribution in [3.63, 3.8) is 0 Å². The van der Waals surface area contributed by atoms with E-state index in [2.05, 4.69) is 6.07 Å². The zero-order chi connectivity index (χ0) is 19.4. The maximum atomic E-state index is 13.0. The minimum absolute atomic E-state index is 0.0167. The number of hydrogen-bond donors (Lipinski definition) is 0. The van der Waals surface area contributed by atoms with Gasteiger partial charge in [0.25, 0.3) is 0 Å². The Morgan fingerprint density at radius 2 is 1.41 bits per heavy atom. The molecular formula is C22H25FN2O2. The predicted octanol–water partition coefficient (Wildman–Crippen LogP) is 2.90. The average Bonchev–Trinajstić information content (AvgIpc) is 2.66. The maximum absolute atomic E-state index is 13.0. The van der Waals surface area contributed by atoms with Gasteiger partial charge in [0.1, 0.15) is 5.82 Å². The quantitative estimate of drug-likeness (QED) is 0.833. The Kier molecular flexibility index (Phi) is 5.89. The predicted molar refractivity (Wildman–Crippen MR) is 103 cm³/mol. The molecule has 5 heteroatoms. The van der Waals surface area contributed by atoms with Crippen LogP contribution in [0.1, 0.15) is 22.3 Å². The second-order valence-corrected chi connectivity index (χ2v) is 7.17. The molecule has 0 unspecified atom stereocenters. The van der Waals surface area contributed by atoms with Crippen molar-refractivity contribution in [2.24, 2.45) is 0 Å². The Hall–Kier alpha value is -2.69. The lowest BCUT2D eigenvalue weighted by molar-refractivity contribution is -0.138. The topological polar surface area (TPSA) is 40.6 Å². The van der Waals surface area contributed by atoms with Crippen LogP contribution < -0.4 is 0 Å². The van der Waals surface area contributed by atoms with Crippen LogP contribution in [0.15, 0.2) is 42.5 Å². The molecule has 142 valence electrons. The highest BCUT2D eigenvalue weighted by Crippen LogP contribution is 2.14. The van der Waals surface area contributed by atoms with Gasteiger partial charge in [0.05, 0.1) is 12.8 Å². The fourth-order valence-electron chi connectivity index (χ4n) is 3.41. The maximum Gasteiger partial charge on any atom is 0.227 e. The number of rotatable bonds is 4. The van der Waals surface area contributed by atoms with Crippen molar-refractivity contribution in [2.75, 3.05) is 26.2 Å². The van der Waals surface area contributed by atoms with Crippen LogP contribution in [0.2, 0.25) is 0 Å². The minimum atomic E-state index is -0.304. The molecule has 1 saturated heterocycles. The van der Waals surface area contributed by atoms with Gasteiger partial charge in [-0.15, -0.1) is 0 Å². The zero-order valence-corrected chi connectivity index (χ0v) is 15.9. The first-order chi connectivity index (χ1) is 12.9. The molecule has 0 atom stereocenters. The van der Waals surface area contributed by atoms with Crippen molar-refractivity contribution in [2.45, 2.75) is 26.7 Å². The number of carbonyl (C=O) groups is 2. The van der Waals surface area contributed by atoms with Crippen molar-refractivity contribution < 1.29 is 14.0 Å². The first-order valence-corrected chi connectivity index (χ1v) is 9.28. The van der Waals surface area contributed by atoms with E-state index in [9.17, 15) is 14.0 Å². The van der Waals surface area contributed by atoms with E-state index in [0.29, 0.717) is 32.6 Å². The largest absolute Gasteiger partial charge is 0.339 e. The fraction of sp³-hybridized carbons (Fsp3) is 0.364. The highest BCUT2D eigenvalue weighted by atomic mass is 19.1. The lowest BCUT2D eigenvalue weighted by atomic mass is 10.0. The number of carbonyl (C=O) groups excluding carboxylic acids is 2. The molecule has 2 aromatic carbocycles. The van der Waals surface area contributed by atoms with Crippen LogP contribution in [-0.2, 0) is 22.4 Å². The Balaban J connectivity index is 1.51. The van der Waals surface area contributed by atoms with Gasteiger partial charge >= 0.3 is 0 Å². The van der Waals surface area contributed by atoms with E-state index in [4.69, 9.17) is 0 Å². The summed E-state index contributed by atoms with van der Waals surface area (Å²) in [7, 11) is 0. The molecule has 0 aromatic heterocycles. The standard InChI is InChI=1S/C22H25FN2O2/c1-16-3-6-19(17(2)13-16)15-22(27)25-11-9-24(10-12-25)21(26)14-18-4-7-20(23)8-5-18/h3-8,13H,9-12,14-15H2,1-2H3. The second-order valence-electron chi connectivity index (χ2n) is 7.17. The van der Waals surface area contributed by atoms with Gasteiger partial charge < -0.3 is 9.80 Å². The van der Waals surface area contributed by atoms with Crippen LogP contribution in [0.4, 0.5) is 4.39 Å². The normalized spacial score (nSPS) is 14.3. The van der Waals surface area contributed by atoms with Crippen LogP contribution in [0.25, 0.3) is 0 Å². The summed E-state index contributed by atoms with van der Waals surface area (Å²) in [5.41, 5.74) is 4.18. The summed E-state index contributed by atoms with van der Waals surface area (Å²) < 4.78 is 13.0. The van der Waals surface area contributed by atoms with E-state index in [1.54, 1.807) is 17.0 Å². The van der Waals surface area contributed by atoms with Crippen LogP contribution in [-0.4, -0.2) is 47.8 Å². The summed E-state index contributed by atoms with van der Waals surface area (Å²) in [6, 6.07) is 12.1. The zero-order valence-electron chi connectivity index (χ0n) is 15.9. The molecule has 0 aliphatic carbocycles.